The average Bonchev–Trinajstić information content (AvgIpc) is 2.98. The second kappa shape index (κ2) is 7.36. The van der Waals surface area contributed by atoms with Crippen LogP contribution >= 0.6 is 0 Å². The molecule has 0 aliphatic rings. The summed E-state index contributed by atoms with van der Waals surface area (Å²) in [6.45, 7) is 1.67. The molecule has 0 unspecified atom stereocenters. The Hall–Kier alpha value is -3.23. The lowest BCUT2D eigenvalue weighted by atomic mass is 10.2. The number of methoxy groups -OCH3 is 3. The highest BCUT2D eigenvalue weighted by molar-refractivity contribution is 6.43. The molecule has 9 nitrogen and oxygen atoms in total. The topological polar surface area (TPSA) is 112 Å². The van der Waals surface area contributed by atoms with E-state index in [4.69, 9.17) is 18.7 Å². The van der Waals surface area contributed by atoms with E-state index in [2.05, 4.69) is 15.8 Å². The second-order valence-corrected chi connectivity index (χ2v) is 4.65. The fraction of sp³-hybridized carbons (Fsp3) is 0.267. The van der Waals surface area contributed by atoms with E-state index in [1.54, 1.807) is 6.92 Å². The Labute approximate surface area is 137 Å². The van der Waals surface area contributed by atoms with Crippen LogP contribution in [0.2, 0.25) is 0 Å². The number of rotatable bonds is 5. The van der Waals surface area contributed by atoms with E-state index >= 15 is 0 Å². The summed E-state index contributed by atoms with van der Waals surface area (Å²) in [4.78, 5) is 23.8. The lowest BCUT2D eigenvalue weighted by Crippen LogP contribution is -2.29. The Bertz CT molecular complexity index is 730. The molecular formula is C15H17N3O6. The molecule has 0 saturated carbocycles. The van der Waals surface area contributed by atoms with E-state index < -0.39 is 11.8 Å². The van der Waals surface area contributed by atoms with E-state index in [9.17, 15) is 9.59 Å². The van der Waals surface area contributed by atoms with Crippen molar-refractivity contribution in [2.45, 2.75) is 6.92 Å². The summed E-state index contributed by atoms with van der Waals surface area (Å²) in [7, 11) is 4.36. The van der Waals surface area contributed by atoms with Crippen LogP contribution in [0.5, 0.6) is 17.2 Å². The van der Waals surface area contributed by atoms with Gasteiger partial charge >= 0.3 is 11.8 Å². The van der Waals surface area contributed by atoms with E-state index in [-0.39, 0.29) is 5.82 Å². The molecule has 1 heterocycles. The van der Waals surface area contributed by atoms with Crippen molar-refractivity contribution in [3.8, 4) is 17.2 Å². The molecule has 1 aromatic carbocycles. The number of amides is 2. The summed E-state index contributed by atoms with van der Waals surface area (Å²) in [6.07, 6.45) is 0. The molecule has 2 amide bonds. The summed E-state index contributed by atoms with van der Waals surface area (Å²) in [5.41, 5.74) is 0.306. The zero-order chi connectivity index (χ0) is 17.7. The van der Waals surface area contributed by atoms with E-state index in [1.165, 1.54) is 39.5 Å². The van der Waals surface area contributed by atoms with Crippen molar-refractivity contribution >= 4 is 23.3 Å². The van der Waals surface area contributed by atoms with Gasteiger partial charge in [-0.05, 0) is 6.92 Å². The predicted octanol–water partition coefficient (Wildman–Crippen LogP) is 1.59. The van der Waals surface area contributed by atoms with Gasteiger partial charge in [0.2, 0.25) is 5.75 Å². The summed E-state index contributed by atoms with van der Waals surface area (Å²) >= 11 is 0. The van der Waals surface area contributed by atoms with E-state index in [0.717, 1.165) is 0 Å². The van der Waals surface area contributed by atoms with Crippen LogP contribution < -0.4 is 24.8 Å². The molecule has 2 N–H and O–H groups in total. The molecule has 1 aromatic heterocycles. The van der Waals surface area contributed by atoms with Crippen molar-refractivity contribution in [3.05, 3.63) is 24.0 Å². The third-order valence-electron chi connectivity index (χ3n) is 3.00. The normalized spacial score (nSPS) is 10.0. The van der Waals surface area contributed by atoms with Gasteiger partial charge in [0.15, 0.2) is 17.3 Å². The Morgan fingerprint density at radius 3 is 2.00 bits per heavy atom. The van der Waals surface area contributed by atoms with Crippen molar-refractivity contribution in [2.24, 2.45) is 0 Å². The second-order valence-electron chi connectivity index (χ2n) is 4.65. The number of aryl methyl sites for hydroxylation is 1. The molecule has 0 saturated heterocycles. The smallest absolute Gasteiger partial charge is 0.315 e. The first kappa shape index (κ1) is 17.1. The lowest BCUT2D eigenvalue weighted by molar-refractivity contribution is -0.133. The lowest BCUT2D eigenvalue weighted by Gasteiger charge is -2.14. The third-order valence-corrected chi connectivity index (χ3v) is 3.00. The molecule has 0 fully saturated rings. The minimum absolute atomic E-state index is 0.151. The van der Waals surface area contributed by atoms with Gasteiger partial charge in [0.1, 0.15) is 5.76 Å². The molecule has 0 aliphatic heterocycles. The number of hydrogen-bond donors (Lipinski definition) is 2. The van der Waals surface area contributed by atoms with Crippen molar-refractivity contribution in [2.75, 3.05) is 32.0 Å². The molecular weight excluding hydrogens is 318 g/mol. The van der Waals surface area contributed by atoms with Gasteiger partial charge in [-0.15, -0.1) is 0 Å². The molecule has 128 valence electrons. The number of aromatic nitrogens is 1. The highest BCUT2D eigenvalue weighted by Gasteiger charge is 2.19. The number of anilines is 2. The van der Waals surface area contributed by atoms with Gasteiger partial charge in [-0.1, -0.05) is 5.16 Å². The van der Waals surface area contributed by atoms with Crippen LogP contribution in [0.15, 0.2) is 22.7 Å². The third kappa shape index (κ3) is 3.75. The summed E-state index contributed by atoms with van der Waals surface area (Å²) in [5, 5.41) is 8.34. The maximum absolute atomic E-state index is 12.0. The molecule has 2 rings (SSSR count). The Balaban J connectivity index is 2.14. The standard InChI is InChI=1S/C15H17N3O6/c1-8-5-12(18-24-8)17-15(20)14(19)16-9-6-10(21-2)13(23-4)11(7-9)22-3/h5-7H,1-4H3,(H,16,19)(H,17,18,20). The summed E-state index contributed by atoms with van der Waals surface area (Å²) in [6, 6.07) is 4.50. The Morgan fingerprint density at radius 2 is 1.54 bits per heavy atom. The zero-order valence-electron chi connectivity index (χ0n) is 13.6. The van der Waals surface area contributed by atoms with Crippen LogP contribution in [0.3, 0.4) is 0 Å². The molecule has 0 bridgehead atoms. The summed E-state index contributed by atoms with van der Waals surface area (Å²) < 4.78 is 20.4. The Kier molecular flexibility index (Phi) is 5.25. The molecule has 0 spiro atoms. The first-order valence-corrected chi connectivity index (χ1v) is 6.84. The fourth-order valence-corrected chi connectivity index (χ4v) is 1.94. The minimum Gasteiger partial charge on any atom is -0.493 e. The minimum atomic E-state index is -0.892. The monoisotopic (exact) mass is 335 g/mol. The maximum Gasteiger partial charge on any atom is 0.315 e. The molecule has 0 atom stereocenters. The molecule has 9 heteroatoms. The van der Waals surface area contributed by atoms with Crippen molar-refractivity contribution in [3.63, 3.8) is 0 Å². The predicted molar refractivity (Wildman–Crippen MR) is 84.6 cm³/mol. The number of nitrogens with zero attached hydrogens (tertiary/aromatic N) is 1. The van der Waals surface area contributed by atoms with Crippen LogP contribution in [0, 0.1) is 6.92 Å². The van der Waals surface area contributed by atoms with Gasteiger partial charge in [-0.25, -0.2) is 0 Å². The van der Waals surface area contributed by atoms with Gasteiger partial charge in [0, 0.05) is 23.9 Å². The van der Waals surface area contributed by atoms with E-state index in [0.29, 0.717) is 28.7 Å². The summed E-state index contributed by atoms with van der Waals surface area (Å²) in [5.74, 6) is -0.0465. The van der Waals surface area contributed by atoms with Gasteiger partial charge in [-0.3, -0.25) is 14.9 Å². The van der Waals surface area contributed by atoms with Crippen LogP contribution in [0.4, 0.5) is 11.5 Å². The molecule has 0 aliphatic carbocycles. The first-order valence-electron chi connectivity index (χ1n) is 6.84. The molecule has 0 radical (unpaired) electrons. The highest BCUT2D eigenvalue weighted by atomic mass is 16.5. The first-order chi connectivity index (χ1) is 11.5. The molecule has 2 aromatic rings. The SMILES string of the molecule is COc1cc(NC(=O)C(=O)Nc2cc(C)on2)cc(OC)c1OC. The van der Waals surface area contributed by atoms with Gasteiger partial charge in [0.05, 0.1) is 21.3 Å². The highest BCUT2D eigenvalue weighted by Crippen LogP contribution is 2.39. The number of carbonyl (C=O) groups is 2. The number of ether oxygens (including phenoxy) is 3. The fourth-order valence-electron chi connectivity index (χ4n) is 1.94. The van der Waals surface area contributed by atoms with Crippen LogP contribution in [0.25, 0.3) is 0 Å². The van der Waals surface area contributed by atoms with Crippen molar-refractivity contribution in [1.82, 2.24) is 5.16 Å². The largest absolute Gasteiger partial charge is 0.493 e. The van der Waals surface area contributed by atoms with Gasteiger partial charge < -0.3 is 24.1 Å². The quantitative estimate of drug-likeness (QED) is 0.798. The number of nitrogens with one attached hydrogen (secondary N) is 2. The van der Waals surface area contributed by atoms with E-state index in [1.807, 2.05) is 0 Å². The van der Waals surface area contributed by atoms with Crippen LogP contribution in [-0.4, -0.2) is 38.3 Å². The van der Waals surface area contributed by atoms with Crippen LogP contribution in [0.1, 0.15) is 5.76 Å². The van der Waals surface area contributed by atoms with Gasteiger partial charge in [0.25, 0.3) is 0 Å². The number of benzene rings is 1. The van der Waals surface area contributed by atoms with Gasteiger partial charge in [-0.2, -0.15) is 0 Å². The van der Waals surface area contributed by atoms with Crippen molar-refractivity contribution < 1.29 is 28.3 Å². The number of carbonyl (C=O) groups excluding carboxylic acids is 2. The maximum atomic E-state index is 12.0. The Morgan fingerprint density at radius 1 is 0.958 bits per heavy atom. The van der Waals surface area contributed by atoms with Crippen molar-refractivity contribution in [1.29, 1.82) is 0 Å². The molecule has 24 heavy (non-hydrogen) atoms. The van der Waals surface area contributed by atoms with Crippen LogP contribution in [-0.2, 0) is 9.59 Å². The average molecular weight is 335 g/mol. The number of hydrogen-bond acceptors (Lipinski definition) is 7. The zero-order valence-corrected chi connectivity index (χ0v) is 13.6.